The van der Waals surface area contributed by atoms with E-state index in [-0.39, 0.29) is 11.1 Å². The van der Waals surface area contributed by atoms with Crippen LogP contribution in [0.5, 0.6) is 11.5 Å². The predicted molar refractivity (Wildman–Crippen MR) is 188 cm³/mol. The molecule has 50 heavy (non-hydrogen) atoms. The Morgan fingerprint density at radius 1 is 0.620 bits per heavy atom. The molecule has 0 fully saturated rings. The van der Waals surface area contributed by atoms with Crippen molar-refractivity contribution in [3.63, 3.8) is 0 Å². The van der Waals surface area contributed by atoms with Gasteiger partial charge in [-0.3, -0.25) is 9.59 Å². The summed E-state index contributed by atoms with van der Waals surface area (Å²) in [4.78, 5) is 25.5. The Morgan fingerprint density at radius 3 is 1.40 bits per heavy atom. The number of aromatic nitrogens is 4. The van der Waals surface area contributed by atoms with Crippen molar-refractivity contribution < 1.29 is 28.9 Å². The van der Waals surface area contributed by atoms with Gasteiger partial charge in [0.25, 0.3) is 23.1 Å². The molecule has 0 radical (unpaired) electrons. The van der Waals surface area contributed by atoms with Crippen LogP contribution in [0, 0.1) is 0 Å². The van der Waals surface area contributed by atoms with Crippen LogP contribution in [-0.2, 0) is 14.1 Å². The highest BCUT2D eigenvalue weighted by Crippen LogP contribution is 2.27. The van der Waals surface area contributed by atoms with Gasteiger partial charge < -0.3 is 10.2 Å². The minimum absolute atomic E-state index is 0.257. The summed E-state index contributed by atoms with van der Waals surface area (Å²) in [7, 11) is 4.01. The van der Waals surface area contributed by atoms with Gasteiger partial charge >= 0.3 is 0 Å². The molecule has 0 saturated carbocycles. The van der Waals surface area contributed by atoms with Crippen molar-refractivity contribution in [2.45, 2.75) is 0 Å². The van der Waals surface area contributed by atoms with Crippen molar-refractivity contribution >= 4 is 35.5 Å². The molecule has 0 aliphatic heterocycles. The minimum Gasteiger partial charge on any atom is -0.507 e. The Balaban J connectivity index is 0.956. The Bertz CT molecular complexity index is 2290. The van der Waals surface area contributed by atoms with Crippen LogP contribution in [0.3, 0.4) is 0 Å². The van der Waals surface area contributed by atoms with Crippen LogP contribution in [0.25, 0.3) is 33.8 Å². The van der Waals surface area contributed by atoms with Crippen molar-refractivity contribution in [1.82, 2.24) is 19.7 Å². The lowest BCUT2D eigenvalue weighted by Crippen LogP contribution is -2.29. The number of aromatic hydroxyl groups is 2. The van der Waals surface area contributed by atoms with E-state index >= 15 is 0 Å². The van der Waals surface area contributed by atoms with Crippen LogP contribution in [0.1, 0.15) is 31.8 Å². The molecule has 4 N–H and O–H groups in total. The van der Waals surface area contributed by atoms with Crippen LogP contribution in [0.4, 0.5) is 0 Å². The van der Waals surface area contributed by atoms with Crippen molar-refractivity contribution in [3.8, 4) is 34.0 Å². The summed E-state index contributed by atoms with van der Waals surface area (Å²) < 4.78 is 8.29. The molecule has 4 heterocycles. The Morgan fingerprint density at radius 2 is 1.02 bits per heavy atom. The van der Waals surface area contributed by atoms with E-state index in [1.807, 2.05) is 120 Å². The molecule has 0 bridgehead atoms. The molecule has 12 nitrogen and oxygen atoms in total. The van der Waals surface area contributed by atoms with Crippen LogP contribution in [0.2, 0.25) is 0 Å². The molecule has 0 aliphatic carbocycles. The second kappa shape index (κ2) is 13.2. The number of carbonyl (C=O) groups is 2. The average molecular weight is 665 g/mol. The number of imidazole rings is 2. The first-order valence-corrected chi connectivity index (χ1v) is 15.6. The number of hydrogen-bond acceptors (Lipinski definition) is 6. The minimum atomic E-state index is -0.770. The van der Waals surface area contributed by atoms with Crippen LogP contribution >= 0.6 is 0 Å². The number of hydrazone groups is 2. The van der Waals surface area contributed by atoms with Gasteiger partial charge in [0.05, 0.1) is 50.0 Å². The first kappa shape index (κ1) is 31.5. The second-order valence-corrected chi connectivity index (χ2v) is 11.6. The number of hydrogen-bond donors (Lipinski definition) is 4. The number of pyridine rings is 2. The number of nitrogens with one attached hydrogen (secondary N) is 2. The highest BCUT2D eigenvalue weighted by Gasteiger charge is 2.20. The maximum atomic E-state index is 12.7. The van der Waals surface area contributed by atoms with Crippen LogP contribution in [-0.4, -0.2) is 43.3 Å². The Kier molecular flexibility index (Phi) is 8.32. The summed E-state index contributed by atoms with van der Waals surface area (Å²) >= 11 is 0. The standard InChI is InChI=1S/C38H30N8O4/c1-43-31(23-45-17-5-3-7-35(43)45)27-13-9-25(10-14-27)21-39-41-37(49)29-19-34(48)30(20-33(29)47)38(50)42-40-22-26-11-15-28(16-12-26)32-24-46-18-6-4-8-36(46)44(32)2/h3-24H,1-2H3,(H2-2,41,42,47,48,49,50)/p+2/b39-21-,40-22+. The lowest BCUT2D eigenvalue weighted by molar-refractivity contribution is -0.633. The number of benzene rings is 3. The van der Waals surface area contributed by atoms with Crippen LogP contribution in [0.15, 0.2) is 132 Å². The SMILES string of the molecule is C[n+]1c(-c2ccc(/C=N\NC(=O)c3cc(O)c(C(=O)N/N=C/c4ccc(-c5cn6ccccc6[n+]5C)cc4)cc3O)cc2)cn2ccccc21. The van der Waals surface area contributed by atoms with Gasteiger partial charge in [0.15, 0.2) is 11.4 Å². The topological polar surface area (TPSA) is 140 Å². The van der Waals surface area contributed by atoms with Crippen LogP contribution < -0.4 is 20.0 Å². The van der Waals surface area contributed by atoms with Gasteiger partial charge in [-0.25, -0.2) is 28.8 Å². The number of rotatable bonds is 8. The van der Waals surface area contributed by atoms with Gasteiger partial charge in [-0.2, -0.15) is 10.2 Å². The highest BCUT2D eigenvalue weighted by molar-refractivity contribution is 6.02. The molecule has 3 aromatic carbocycles. The molecule has 4 aromatic heterocycles. The summed E-state index contributed by atoms with van der Waals surface area (Å²) in [5.41, 5.74) is 11.8. The molecular weight excluding hydrogens is 632 g/mol. The number of phenolic OH excluding ortho intramolecular Hbond substituents is 2. The third-order valence-electron chi connectivity index (χ3n) is 8.44. The molecular formula is C38H32N8O4+2. The van der Waals surface area contributed by atoms with E-state index in [0.717, 1.165) is 57.1 Å². The molecule has 7 rings (SSSR count). The zero-order chi connectivity index (χ0) is 34.8. The maximum absolute atomic E-state index is 12.7. The first-order chi connectivity index (χ1) is 24.3. The number of aryl methyl sites for hydroxylation is 2. The number of phenols is 2. The summed E-state index contributed by atoms with van der Waals surface area (Å²) in [5, 5.41) is 29.0. The molecule has 0 atom stereocenters. The van der Waals surface area contributed by atoms with Crippen molar-refractivity contribution in [1.29, 1.82) is 0 Å². The van der Waals surface area contributed by atoms with Gasteiger partial charge in [0.2, 0.25) is 0 Å². The van der Waals surface area contributed by atoms with E-state index < -0.39 is 23.3 Å². The van der Waals surface area contributed by atoms with E-state index in [9.17, 15) is 19.8 Å². The van der Waals surface area contributed by atoms with E-state index in [2.05, 4.69) is 42.6 Å². The van der Waals surface area contributed by atoms with Crippen molar-refractivity contribution in [2.24, 2.45) is 24.3 Å². The third-order valence-corrected chi connectivity index (χ3v) is 8.44. The molecule has 12 heteroatoms. The van der Waals surface area contributed by atoms with E-state index in [1.165, 1.54) is 12.4 Å². The fourth-order valence-electron chi connectivity index (χ4n) is 5.77. The third kappa shape index (κ3) is 6.16. The smallest absolute Gasteiger partial charge is 0.286 e. The number of carbonyl (C=O) groups excluding carboxylic acids is 2. The van der Waals surface area contributed by atoms with E-state index in [4.69, 9.17) is 0 Å². The lowest BCUT2D eigenvalue weighted by atomic mass is 10.1. The zero-order valence-corrected chi connectivity index (χ0v) is 27.1. The fraction of sp³-hybridized carbons (Fsp3) is 0.0526. The highest BCUT2D eigenvalue weighted by atomic mass is 16.3. The van der Waals surface area contributed by atoms with Gasteiger partial charge in [0.1, 0.15) is 23.9 Å². The van der Waals surface area contributed by atoms with E-state index in [1.54, 1.807) is 0 Å². The van der Waals surface area contributed by atoms with E-state index in [0.29, 0.717) is 0 Å². The molecule has 2 amide bonds. The number of nitrogens with zero attached hydrogens (tertiary/aromatic N) is 6. The normalized spacial score (nSPS) is 11.6. The summed E-state index contributed by atoms with van der Waals surface area (Å²) in [6, 6.07) is 29.3. The van der Waals surface area contributed by atoms with Gasteiger partial charge in [0, 0.05) is 23.3 Å². The molecule has 0 unspecified atom stereocenters. The summed E-state index contributed by atoms with van der Waals surface area (Å²) in [5.74, 6) is -2.56. The quantitative estimate of drug-likeness (QED) is 0.0841. The predicted octanol–water partition coefficient (Wildman–Crippen LogP) is 4.11. The average Bonchev–Trinajstić information content (AvgIpc) is 3.65. The number of amides is 2. The molecule has 7 aromatic rings. The second-order valence-electron chi connectivity index (χ2n) is 11.6. The molecule has 0 aliphatic rings. The molecule has 0 saturated heterocycles. The fourth-order valence-corrected chi connectivity index (χ4v) is 5.77. The zero-order valence-electron chi connectivity index (χ0n) is 27.1. The monoisotopic (exact) mass is 664 g/mol. The van der Waals surface area contributed by atoms with Gasteiger partial charge in [-0.1, -0.05) is 36.4 Å². The molecule has 246 valence electrons. The number of fused-ring (bicyclic) bond motifs is 2. The van der Waals surface area contributed by atoms with Gasteiger partial charge in [-0.05, 0) is 59.7 Å². The summed E-state index contributed by atoms with van der Waals surface area (Å²) in [6.07, 6.45) is 11.0. The Labute approximate surface area is 286 Å². The van der Waals surface area contributed by atoms with Gasteiger partial charge in [-0.15, -0.1) is 0 Å². The largest absolute Gasteiger partial charge is 0.507 e. The summed E-state index contributed by atoms with van der Waals surface area (Å²) in [6.45, 7) is 0. The molecule has 0 spiro atoms. The lowest BCUT2D eigenvalue weighted by Gasteiger charge is -2.08. The maximum Gasteiger partial charge on any atom is 0.286 e. The first-order valence-electron chi connectivity index (χ1n) is 15.6. The Hall–Kier alpha value is -7.08. The van der Waals surface area contributed by atoms with Crippen molar-refractivity contribution in [2.75, 3.05) is 0 Å². The van der Waals surface area contributed by atoms with Crippen molar-refractivity contribution in [3.05, 3.63) is 144 Å².